The molecule has 1 atom stereocenters. The number of carbonyl (C=O) groups is 1. The Morgan fingerprint density at radius 3 is 2.86 bits per heavy atom. The molecule has 2 heterocycles. The number of aromatic nitrogens is 1. The Hall–Kier alpha value is -2.62. The maximum atomic E-state index is 12.0. The Balaban J connectivity index is 1.86. The first-order valence-corrected chi connectivity index (χ1v) is 7.12. The number of fused-ring (bicyclic) bond motifs is 2. The van der Waals surface area contributed by atoms with Gasteiger partial charge in [-0.3, -0.25) is 4.98 Å². The quantitative estimate of drug-likeness (QED) is 0.842. The van der Waals surface area contributed by atoms with Crippen LogP contribution in [0.15, 0.2) is 54.4 Å². The van der Waals surface area contributed by atoms with Crippen molar-refractivity contribution in [2.24, 2.45) is 0 Å². The summed E-state index contributed by atoms with van der Waals surface area (Å²) in [5.74, 6) is 0. The van der Waals surface area contributed by atoms with E-state index in [-0.39, 0.29) is 12.1 Å². The van der Waals surface area contributed by atoms with Gasteiger partial charge in [0.1, 0.15) is 0 Å². The highest BCUT2D eigenvalue weighted by Crippen LogP contribution is 2.38. The molecule has 1 unspecified atom stereocenters. The summed E-state index contributed by atoms with van der Waals surface area (Å²) in [5.41, 5.74) is 5.67. The van der Waals surface area contributed by atoms with E-state index in [1.54, 1.807) is 6.20 Å². The molecule has 2 N–H and O–H groups in total. The number of hydrogen-bond acceptors (Lipinski definition) is 2. The summed E-state index contributed by atoms with van der Waals surface area (Å²) in [6, 6.07) is 11.9. The van der Waals surface area contributed by atoms with Crippen LogP contribution in [0.4, 0.5) is 4.79 Å². The van der Waals surface area contributed by atoms with Crippen molar-refractivity contribution in [3.8, 4) is 0 Å². The molecular weight excluding hydrogens is 262 g/mol. The molecule has 1 aliphatic heterocycles. The monoisotopic (exact) mass is 277 g/mol. The molecule has 1 aromatic carbocycles. The van der Waals surface area contributed by atoms with Gasteiger partial charge >= 0.3 is 6.03 Å². The van der Waals surface area contributed by atoms with Crippen molar-refractivity contribution < 1.29 is 4.79 Å². The molecule has 0 bridgehead atoms. The average Bonchev–Trinajstić information content (AvgIpc) is 2.55. The third-order valence-electron chi connectivity index (χ3n) is 4.15. The fourth-order valence-corrected chi connectivity index (χ4v) is 3.18. The predicted molar refractivity (Wildman–Crippen MR) is 80.3 cm³/mol. The summed E-state index contributed by atoms with van der Waals surface area (Å²) in [7, 11) is 0. The van der Waals surface area contributed by atoms with Crippen LogP contribution in [-0.2, 0) is 6.42 Å². The lowest BCUT2D eigenvalue weighted by Crippen LogP contribution is -2.44. The smallest absolute Gasteiger partial charge is 0.320 e. The Morgan fingerprint density at radius 2 is 2.00 bits per heavy atom. The Kier molecular flexibility index (Phi) is 2.74. The third-order valence-corrected chi connectivity index (χ3v) is 4.15. The Labute approximate surface area is 122 Å². The molecule has 2 aliphatic rings. The van der Waals surface area contributed by atoms with Crippen molar-refractivity contribution in [3.63, 3.8) is 0 Å². The van der Waals surface area contributed by atoms with Crippen LogP contribution >= 0.6 is 0 Å². The largest absolute Gasteiger partial charge is 0.327 e. The summed E-state index contributed by atoms with van der Waals surface area (Å²) in [6.07, 6.45) is 5.52. The van der Waals surface area contributed by atoms with Gasteiger partial charge in [0.25, 0.3) is 0 Å². The second kappa shape index (κ2) is 4.74. The molecule has 0 saturated carbocycles. The SMILES string of the molecule is O=C1NC2=C(CCc3ccccc32)C(c2cccnc2)N1. The minimum atomic E-state index is -0.153. The number of pyridine rings is 1. The number of carbonyl (C=O) groups excluding carboxylic acids is 1. The van der Waals surface area contributed by atoms with Gasteiger partial charge in [0.15, 0.2) is 0 Å². The second-order valence-electron chi connectivity index (χ2n) is 5.38. The number of urea groups is 1. The molecule has 2 aromatic rings. The molecule has 1 aliphatic carbocycles. The zero-order chi connectivity index (χ0) is 14.2. The van der Waals surface area contributed by atoms with E-state index in [2.05, 4.69) is 27.8 Å². The van der Waals surface area contributed by atoms with Crippen LogP contribution in [0.3, 0.4) is 0 Å². The Bertz CT molecular complexity index is 737. The van der Waals surface area contributed by atoms with Crippen molar-refractivity contribution in [1.82, 2.24) is 15.6 Å². The van der Waals surface area contributed by atoms with Crippen LogP contribution in [0.5, 0.6) is 0 Å². The number of aryl methyl sites for hydroxylation is 1. The molecule has 0 saturated heterocycles. The minimum Gasteiger partial charge on any atom is -0.327 e. The normalized spacial score (nSPS) is 20.2. The molecule has 4 rings (SSSR count). The lowest BCUT2D eigenvalue weighted by atomic mass is 9.83. The van der Waals surface area contributed by atoms with Crippen molar-refractivity contribution in [2.45, 2.75) is 18.9 Å². The van der Waals surface area contributed by atoms with Gasteiger partial charge in [0.05, 0.1) is 11.7 Å². The molecule has 4 nitrogen and oxygen atoms in total. The molecule has 1 aromatic heterocycles. The van der Waals surface area contributed by atoms with Gasteiger partial charge < -0.3 is 10.6 Å². The molecule has 104 valence electrons. The van der Waals surface area contributed by atoms with Crippen LogP contribution in [0.25, 0.3) is 5.70 Å². The summed E-state index contributed by atoms with van der Waals surface area (Å²) >= 11 is 0. The van der Waals surface area contributed by atoms with Crippen molar-refractivity contribution in [1.29, 1.82) is 0 Å². The minimum absolute atomic E-state index is 0.0872. The van der Waals surface area contributed by atoms with Gasteiger partial charge in [-0.05, 0) is 35.6 Å². The van der Waals surface area contributed by atoms with Crippen LogP contribution in [-0.4, -0.2) is 11.0 Å². The summed E-state index contributed by atoms with van der Waals surface area (Å²) < 4.78 is 0. The van der Waals surface area contributed by atoms with Crippen LogP contribution in [0.2, 0.25) is 0 Å². The van der Waals surface area contributed by atoms with Gasteiger partial charge in [-0.25, -0.2) is 4.79 Å². The molecule has 0 spiro atoms. The molecule has 0 fully saturated rings. The van der Waals surface area contributed by atoms with E-state index in [4.69, 9.17) is 0 Å². The zero-order valence-electron chi connectivity index (χ0n) is 11.5. The van der Waals surface area contributed by atoms with E-state index in [0.29, 0.717) is 0 Å². The van der Waals surface area contributed by atoms with Crippen molar-refractivity contribution in [2.75, 3.05) is 0 Å². The summed E-state index contributed by atoms with van der Waals surface area (Å²) in [4.78, 5) is 16.2. The highest BCUT2D eigenvalue weighted by molar-refractivity contribution is 5.91. The molecular formula is C17H15N3O. The topological polar surface area (TPSA) is 54.0 Å². The van der Waals surface area contributed by atoms with E-state index in [1.165, 1.54) is 11.1 Å². The molecule has 4 heteroatoms. The fraction of sp³-hybridized carbons (Fsp3) is 0.176. The van der Waals surface area contributed by atoms with Gasteiger partial charge in [-0.1, -0.05) is 30.3 Å². The zero-order valence-corrected chi connectivity index (χ0v) is 11.5. The number of benzene rings is 1. The van der Waals surface area contributed by atoms with E-state index >= 15 is 0 Å². The fourth-order valence-electron chi connectivity index (χ4n) is 3.18. The van der Waals surface area contributed by atoms with E-state index in [9.17, 15) is 4.79 Å². The van der Waals surface area contributed by atoms with Gasteiger partial charge in [0, 0.05) is 18.0 Å². The molecule has 0 radical (unpaired) electrons. The van der Waals surface area contributed by atoms with Crippen LogP contribution in [0, 0.1) is 0 Å². The maximum Gasteiger partial charge on any atom is 0.320 e. The second-order valence-corrected chi connectivity index (χ2v) is 5.38. The first-order valence-electron chi connectivity index (χ1n) is 7.12. The third kappa shape index (κ3) is 2.00. The number of rotatable bonds is 1. The number of nitrogens with zero attached hydrogens (tertiary/aromatic N) is 1. The van der Waals surface area contributed by atoms with E-state index in [0.717, 1.165) is 29.7 Å². The maximum absolute atomic E-state index is 12.0. The molecule has 21 heavy (non-hydrogen) atoms. The van der Waals surface area contributed by atoms with Crippen molar-refractivity contribution >= 4 is 11.7 Å². The standard InChI is InChI=1S/C17H15N3O/c21-17-19-15(12-5-3-9-18-10-12)14-8-7-11-4-1-2-6-13(11)16(14)20-17/h1-6,9-10,15H,7-8H2,(H2,19,20,21). The first kappa shape index (κ1) is 12.1. The lowest BCUT2D eigenvalue weighted by molar-refractivity contribution is 0.240. The van der Waals surface area contributed by atoms with Gasteiger partial charge in [-0.2, -0.15) is 0 Å². The van der Waals surface area contributed by atoms with Crippen LogP contribution in [0.1, 0.15) is 29.2 Å². The van der Waals surface area contributed by atoms with Crippen LogP contribution < -0.4 is 10.6 Å². The lowest BCUT2D eigenvalue weighted by Gasteiger charge is -2.34. The number of hydrogen-bond donors (Lipinski definition) is 2. The van der Waals surface area contributed by atoms with E-state index in [1.807, 2.05) is 30.5 Å². The van der Waals surface area contributed by atoms with Gasteiger partial charge in [-0.15, -0.1) is 0 Å². The predicted octanol–water partition coefficient (Wildman–Crippen LogP) is 2.79. The average molecular weight is 277 g/mol. The van der Waals surface area contributed by atoms with Crippen molar-refractivity contribution in [3.05, 3.63) is 71.1 Å². The highest BCUT2D eigenvalue weighted by atomic mass is 16.2. The summed E-state index contributed by atoms with van der Waals surface area (Å²) in [6.45, 7) is 0. The molecule has 2 amide bonds. The van der Waals surface area contributed by atoms with E-state index < -0.39 is 0 Å². The Morgan fingerprint density at radius 1 is 1.10 bits per heavy atom. The highest BCUT2D eigenvalue weighted by Gasteiger charge is 2.31. The number of amides is 2. The first-order chi connectivity index (χ1) is 10.3. The number of nitrogens with one attached hydrogen (secondary N) is 2. The van der Waals surface area contributed by atoms with Gasteiger partial charge in [0.2, 0.25) is 0 Å². The summed E-state index contributed by atoms with van der Waals surface area (Å²) in [5, 5.41) is 6.00.